The van der Waals surface area contributed by atoms with E-state index in [9.17, 15) is 9.18 Å². The molecule has 3 nitrogen and oxygen atoms in total. The van der Waals surface area contributed by atoms with Crippen LogP contribution in [0, 0.1) is 11.7 Å². The van der Waals surface area contributed by atoms with Crippen molar-refractivity contribution in [2.45, 2.75) is 32.7 Å². The van der Waals surface area contributed by atoms with Crippen LogP contribution < -0.4 is 0 Å². The summed E-state index contributed by atoms with van der Waals surface area (Å²) >= 11 is 0. The largest absolute Gasteiger partial charge is 0.300 e. The lowest BCUT2D eigenvalue weighted by atomic mass is 10.1. The molecule has 2 rings (SSSR count). The van der Waals surface area contributed by atoms with Gasteiger partial charge in [0.25, 0.3) is 0 Å². The molecule has 1 fully saturated rings. The van der Waals surface area contributed by atoms with Crippen LogP contribution in [0.5, 0.6) is 0 Å². The van der Waals surface area contributed by atoms with E-state index in [0.29, 0.717) is 24.1 Å². The molecule has 1 saturated heterocycles. The van der Waals surface area contributed by atoms with Gasteiger partial charge < -0.3 is 0 Å². The van der Waals surface area contributed by atoms with Crippen molar-refractivity contribution < 1.29 is 9.18 Å². The lowest BCUT2D eigenvalue weighted by Gasteiger charge is -2.20. The van der Waals surface area contributed by atoms with Gasteiger partial charge in [0.1, 0.15) is 11.5 Å². The smallest absolute Gasteiger partial charge is 0.182 e. The van der Waals surface area contributed by atoms with E-state index in [1.165, 1.54) is 18.6 Å². The fourth-order valence-electron chi connectivity index (χ4n) is 2.61. The Balaban J connectivity index is 1.87. The molecule has 0 aliphatic carbocycles. The van der Waals surface area contributed by atoms with Crippen molar-refractivity contribution in [3.8, 4) is 0 Å². The maximum absolute atomic E-state index is 12.7. The molecule has 4 heteroatoms. The normalized spacial score (nSPS) is 24.4. The molecule has 2 heterocycles. The molecular weight excluding hydrogens is 231 g/mol. The highest BCUT2D eigenvalue weighted by Gasteiger charge is 2.26. The molecular formula is C14H19FN2O. The lowest BCUT2D eigenvalue weighted by Crippen LogP contribution is -2.29. The van der Waals surface area contributed by atoms with E-state index in [0.717, 1.165) is 19.3 Å². The van der Waals surface area contributed by atoms with Gasteiger partial charge in [0.2, 0.25) is 0 Å². The predicted molar refractivity (Wildman–Crippen MR) is 68.0 cm³/mol. The molecule has 1 aromatic rings. The Morgan fingerprint density at radius 2 is 2.28 bits per heavy atom. The fourth-order valence-corrected chi connectivity index (χ4v) is 2.61. The number of Topliss-reactive ketones (excluding diaryl/α,β-unsaturated/α-hetero) is 1. The van der Waals surface area contributed by atoms with Crippen LogP contribution in [0.4, 0.5) is 4.39 Å². The number of halogens is 1. The topological polar surface area (TPSA) is 33.2 Å². The molecule has 2 unspecified atom stereocenters. The minimum Gasteiger partial charge on any atom is -0.300 e. The number of carbonyl (C=O) groups is 1. The molecule has 0 aromatic carbocycles. The Hall–Kier alpha value is -1.29. The fraction of sp³-hybridized carbons (Fsp3) is 0.571. The second-order valence-electron chi connectivity index (χ2n) is 5.22. The molecule has 1 aliphatic rings. The van der Waals surface area contributed by atoms with Crippen LogP contribution in [0.1, 0.15) is 37.2 Å². The average Bonchev–Trinajstić information content (AvgIpc) is 2.66. The molecule has 0 amide bonds. The van der Waals surface area contributed by atoms with Gasteiger partial charge in [-0.25, -0.2) is 4.39 Å². The van der Waals surface area contributed by atoms with Crippen molar-refractivity contribution in [1.82, 2.24) is 9.88 Å². The first-order valence-electron chi connectivity index (χ1n) is 6.45. The standard InChI is InChI=1S/C14H19FN2O/c1-10-7-11(2)17(9-10)6-5-14(18)13-4-3-12(15)8-16-13/h3-4,8,10-11H,5-7,9H2,1-2H3. The summed E-state index contributed by atoms with van der Waals surface area (Å²) in [5.74, 6) is 0.286. The SMILES string of the molecule is CC1CC(C)N(CCC(=O)c2ccc(F)cn2)C1. The van der Waals surface area contributed by atoms with Gasteiger partial charge >= 0.3 is 0 Å². The maximum Gasteiger partial charge on any atom is 0.182 e. The third-order valence-electron chi connectivity index (χ3n) is 3.55. The van der Waals surface area contributed by atoms with Crippen molar-refractivity contribution in [2.24, 2.45) is 5.92 Å². The van der Waals surface area contributed by atoms with Crippen molar-refractivity contribution in [3.63, 3.8) is 0 Å². The number of likely N-dealkylation sites (tertiary alicyclic amines) is 1. The van der Waals surface area contributed by atoms with Crippen molar-refractivity contribution in [2.75, 3.05) is 13.1 Å². The first-order valence-corrected chi connectivity index (χ1v) is 6.45. The van der Waals surface area contributed by atoms with Gasteiger partial charge in [0.05, 0.1) is 6.20 Å². The summed E-state index contributed by atoms with van der Waals surface area (Å²) in [6.45, 7) is 6.26. The summed E-state index contributed by atoms with van der Waals surface area (Å²) in [6.07, 6.45) is 2.74. The summed E-state index contributed by atoms with van der Waals surface area (Å²) in [7, 11) is 0. The number of hydrogen-bond acceptors (Lipinski definition) is 3. The molecule has 2 atom stereocenters. The van der Waals surface area contributed by atoms with Gasteiger partial charge in [-0.3, -0.25) is 14.7 Å². The average molecular weight is 250 g/mol. The molecule has 1 aromatic heterocycles. The zero-order valence-corrected chi connectivity index (χ0v) is 10.9. The third-order valence-corrected chi connectivity index (χ3v) is 3.55. The number of rotatable bonds is 4. The Morgan fingerprint density at radius 1 is 1.50 bits per heavy atom. The second kappa shape index (κ2) is 5.57. The van der Waals surface area contributed by atoms with E-state index in [1.807, 2.05) is 0 Å². The Labute approximate surface area is 107 Å². The van der Waals surface area contributed by atoms with E-state index in [4.69, 9.17) is 0 Å². The van der Waals surface area contributed by atoms with Crippen LogP contribution in [0.25, 0.3) is 0 Å². The number of aromatic nitrogens is 1. The van der Waals surface area contributed by atoms with Crippen LogP contribution in [0.15, 0.2) is 18.3 Å². The highest BCUT2D eigenvalue weighted by Crippen LogP contribution is 2.22. The van der Waals surface area contributed by atoms with E-state index >= 15 is 0 Å². The second-order valence-corrected chi connectivity index (χ2v) is 5.22. The molecule has 0 radical (unpaired) electrons. The Bertz CT molecular complexity index is 418. The van der Waals surface area contributed by atoms with Crippen LogP contribution in [-0.4, -0.2) is 34.8 Å². The van der Waals surface area contributed by atoms with Crippen LogP contribution >= 0.6 is 0 Å². The van der Waals surface area contributed by atoms with Crippen LogP contribution in [-0.2, 0) is 0 Å². The van der Waals surface area contributed by atoms with E-state index in [2.05, 4.69) is 23.7 Å². The van der Waals surface area contributed by atoms with Crippen molar-refractivity contribution in [1.29, 1.82) is 0 Å². The monoisotopic (exact) mass is 250 g/mol. The molecule has 1 aliphatic heterocycles. The molecule has 98 valence electrons. The molecule has 18 heavy (non-hydrogen) atoms. The molecule has 0 bridgehead atoms. The Kier molecular flexibility index (Phi) is 4.07. The zero-order valence-electron chi connectivity index (χ0n) is 10.9. The summed E-state index contributed by atoms with van der Waals surface area (Å²) in [4.78, 5) is 18.0. The number of nitrogens with zero attached hydrogens (tertiary/aromatic N) is 2. The van der Waals surface area contributed by atoms with E-state index in [1.54, 1.807) is 0 Å². The third kappa shape index (κ3) is 3.13. The molecule has 0 saturated carbocycles. The van der Waals surface area contributed by atoms with E-state index in [-0.39, 0.29) is 5.78 Å². The summed E-state index contributed by atoms with van der Waals surface area (Å²) in [5, 5.41) is 0. The van der Waals surface area contributed by atoms with Gasteiger partial charge in [-0.15, -0.1) is 0 Å². The van der Waals surface area contributed by atoms with Crippen molar-refractivity contribution >= 4 is 5.78 Å². The first-order chi connectivity index (χ1) is 8.56. The quantitative estimate of drug-likeness (QED) is 0.770. The zero-order chi connectivity index (χ0) is 13.1. The highest BCUT2D eigenvalue weighted by molar-refractivity contribution is 5.94. The summed E-state index contributed by atoms with van der Waals surface area (Å²) < 4.78 is 12.7. The van der Waals surface area contributed by atoms with Gasteiger partial charge in [-0.2, -0.15) is 0 Å². The molecule has 0 N–H and O–H groups in total. The highest BCUT2D eigenvalue weighted by atomic mass is 19.1. The minimum atomic E-state index is -0.409. The molecule has 0 spiro atoms. The minimum absolute atomic E-state index is 0.0123. The van der Waals surface area contributed by atoms with Gasteiger partial charge in [0.15, 0.2) is 5.78 Å². The van der Waals surface area contributed by atoms with Crippen molar-refractivity contribution in [3.05, 3.63) is 29.8 Å². The first kappa shape index (κ1) is 13.1. The Morgan fingerprint density at radius 3 is 2.83 bits per heavy atom. The lowest BCUT2D eigenvalue weighted by molar-refractivity contribution is 0.0957. The van der Waals surface area contributed by atoms with Gasteiger partial charge in [-0.05, 0) is 31.4 Å². The van der Waals surface area contributed by atoms with E-state index < -0.39 is 5.82 Å². The van der Waals surface area contributed by atoms with Crippen LogP contribution in [0.2, 0.25) is 0 Å². The van der Waals surface area contributed by atoms with Crippen LogP contribution in [0.3, 0.4) is 0 Å². The number of hydrogen-bond donors (Lipinski definition) is 0. The summed E-state index contributed by atoms with van der Waals surface area (Å²) in [6, 6.07) is 3.28. The predicted octanol–water partition coefficient (Wildman–Crippen LogP) is 2.52. The van der Waals surface area contributed by atoms with Gasteiger partial charge in [0, 0.05) is 25.6 Å². The number of carbonyl (C=O) groups excluding carboxylic acids is 1. The number of pyridine rings is 1. The number of ketones is 1. The summed E-state index contributed by atoms with van der Waals surface area (Å²) in [5.41, 5.74) is 0.358. The maximum atomic E-state index is 12.7. The van der Waals surface area contributed by atoms with Gasteiger partial charge in [-0.1, -0.05) is 6.92 Å².